The molecule has 3 heterocycles. The van der Waals surface area contributed by atoms with Crippen molar-refractivity contribution in [2.24, 2.45) is 7.05 Å². The molecule has 28 heavy (non-hydrogen) atoms. The number of nitrogens with zero attached hydrogens (tertiary/aromatic N) is 4. The first-order valence-corrected chi connectivity index (χ1v) is 9.78. The van der Waals surface area contributed by atoms with E-state index in [2.05, 4.69) is 27.2 Å². The monoisotopic (exact) mass is 384 g/mol. The summed E-state index contributed by atoms with van der Waals surface area (Å²) >= 11 is 1.54. The van der Waals surface area contributed by atoms with Gasteiger partial charge in [-0.25, -0.2) is 4.98 Å². The molecule has 0 aliphatic rings. The second kappa shape index (κ2) is 6.65. The number of pyridine rings is 1. The van der Waals surface area contributed by atoms with Gasteiger partial charge in [-0.15, -0.1) is 11.3 Å². The third-order valence-corrected chi connectivity index (χ3v) is 5.61. The number of aromatic nitrogens is 4. The van der Waals surface area contributed by atoms with Gasteiger partial charge >= 0.3 is 0 Å². The molecule has 6 heteroatoms. The van der Waals surface area contributed by atoms with Gasteiger partial charge in [-0.3, -0.25) is 14.5 Å². The number of carbonyl (C=O) groups excluding carboxylic acids is 1. The smallest absolute Gasteiger partial charge is 0.171 e. The van der Waals surface area contributed by atoms with Crippen molar-refractivity contribution in [1.82, 2.24) is 19.7 Å². The van der Waals surface area contributed by atoms with Crippen LogP contribution in [-0.2, 0) is 13.5 Å². The number of hydrogen-bond donors (Lipinski definition) is 0. The molecule has 0 atom stereocenters. The average Bonchev–Trinajstić information content (AvgIpc) is 3.36. The molecule has 0 fully saturated rings. The highest BCUT2D eigenvalue weighted by Crippen LogP contribution is 2.25. The van der Waals surface area contributed by atoms with E-state index in [4.69, 9.17) is 0 Å². The van der Waals surface area contributed by atoms with Crippen LogP contribution < -0.4 is 0 Å². The van der Waals surface area contributed by atoms with Crippen molar-refractivity contribution in [3.8, 4) is 11.1 Å². The van der Waals surface area contributed by atoms with Crippen LogP contribution in [0.3, 0.4) is 0 Å². The second-order valence-electron chi connectivity index (χ2n) is 6.74. The lowest BCUT2D eigenvalue weighted by Gasteiger charge is -2.06. The molecule has 5 aromatic rings. The van der Waals surface area contributed by atoms with Crippen LogP contribution in [0.25, 0.3) is 32.1 Å². The van der Waals surface area contributed by atoms with Crippen LogP contribution >= 0.6 is 11.3 Å². The number of ketones is 1. The number of fused-ring (bicyclic) bond motifs is 2. The Morgan fingerprint density at radius 1 is 1.04 bits per heavy atom. The maximum atomic E-state index is 12.9. The molecule has 3 aromatic heterocycles. The van der Waals surface area contributed by atoms with Crippen LogP contribution in [0, 0.1) is 0 Å². The van der Waals surface area contributed by atoms with Gasteiger partial charge in [0.25, 0.3) is 0 Å². The molecule has 5 nitrogen and oxygen atoms in total. The number of benzene rings is 2. The van der Waals surface area contributed by atoms with Crippen LogP contribution in [0.2, 0.25) is 0 Å². The van der Waals surface area contributed by atoms with Gasteiger partial charge < -0.3 is 0 Å². The van der Waals surface area contributed by atoms with E-state index < -0.39 is 0 Å². The van der Waals surface area contributed by atoms with Crippen molar-refractivity contribution in [2.75, 3.05) is 0 Å². The number of rotatable bonds is 4. The van der Waals surface area contributed by atoms with Crippen LogP contribution in [0.15, 0.2) is 66.6 Å². The van der Waals surface area contributed by atoms with Crippen LogP contribution in [0.4, 0.5) is 0 Å². The molecular weight excluding hydrogens is 368 g/mol. The summed E-state index contributed by atoms with van der Waals surface area (Å²) in [5, 5.41) is 6.35. The average molecular weight is 384 g/mol. The molecule has 0 N–H and O–H groups in total. The first kappa shape index (κ1) is 16.8. The standard InChI is InChI=1S/C22H16N4OS/c1-26-12-17(11-25-26)14-5-6-15-10-23-18(8-16(15)7-14)9-20(27)19-3-2-4-21-22(19)24-13-28-21/h2-8,10-13H,9H2,1H3. The Bertz CT molecular complexity index is 1330. The van der Waals surface area contributed by atoms with Gasteiger partial charge in [0.15, 0.2) is 5.78 Å². The van der Waals surface area contributed by atoms with E-state index >= 15 is 0 Å². The summed E-state index contributed by atoms with van der Waals surface area (Å²) in [4.78, 5) is 21.7. The Morgan fingerprint density at radius 3 is 2.82 bits per heavy atom. The molecule has 136 valence electrons. The fourth-order valence-electron chi connectivity index (χ4n) is 3.40. The summed E-state index contributed by atoms with van der Waals surface area (Å²) in [6.45, 7) is 0. The summed E-state index contributed by atoms with van der Waals surface area (Å²) < 4.78 is 2.81. The molecule has 5 rings (SSSR count). The van der Waals surface area contributed by atoms with Gasteiger partial charge in [0.1, 0.15) is 0 Å². The lowest BCUT2D eigenvalue weighted by Crippen LogP contribution is -2.05. The number of hydrogen-bond acceptors (Lipinski definition) is 5. The van der Waals surface area contributed by atoms with E-state index in [0.717, 1.165) is 37.8 Å². The number of carbonyl (C=O) groups is 1. The van der Waals surface area contributed by atoms with Crippen molar-refractivity contribution >= 4 is 38.1 Å². The Morgan fingerprint density at radius 2 is 1.96 bits per heavy atom. The van der Waals surface area contributed by atoms with Crippen LogP contribution in [0.5, 0.6) is 0 Å². The molecule has 0 aliphatic heterocycles. The van der Waals surface area contributed by atoms with Gasteiger partial charge in [-0.1, -0.05) is 18.2 Å². The summed E-state index contributed by atoms with van der Waals surface area (Å²) in [7, 11) is 1.90. The van der Waals surface area contributed by atoms with Gasteiger partial charge in [0, 0.05) is 41.6 Å². The third kappa shape index (κ3) is 2.97. The maximum Gasteiger partial charge on any atom is 0.171 e. The van der Waals surface area contributed by atoms with E-state index in [1.54, 1.807) is 21.5 Å². The summed E-state index contributed by atoms with van der Waals surface area (Å²) in [5.74, 6) is 0.0340. The molecule has 0 bridgehead atoms. The van der Waals surface area contributed by atoms with Gasteiger partial charge in [-0.2, -0.15) is 5.10 Å². The predicted octanol–water partition coefficient (Wildman–Crippen LogP) is 4.67. The SMILES string of the molecule is Cn1cc(-c2ccc3cnc(CC(=O)c4cccc5scnc45)cc3c2)cn1. The Kier molecular flexibility index (Phi) is 3.98. The van der Waals surface area contributed by atoms with E-state index in [0.29, 0.717) is 5.56 Å². The second-order valence-corrected chi connectivity index (χ2v) is 7.63. The van der Waals surface area contributed by atoms with Gasteiger partial charge in [-0.05, 0) is 35.2 Å². The van der Waals surface area contributed by atoms with Crippen molar-refractivity contribution in [3.05, 3.63) is 77.8 Å². The number of para-hydroxylation sites is 1. The van der Waals surface area contributed by atoms with Crippen molar-refractivity contribution in [1.29, 1.82) is 0 Å². The minimum atomic E-state index is 0.0340. The minimum absolute atomic E-state index is 0.0340. The van der Waals surface area contributed by atoms with E-state index in [9.17, 15) is 4.79 Å². The third-order valence-electron chi connectivity index (χ3n) is 4.82. The maximum absolute atomic E-state index is 12.9. The lowest BCUT2D eigenvalue weighted by molar-refractivity contribution is 0.0993. The van der Waals surface area contributed by atoms with Crippen LogP contribution in [-0.4, -0.2) is 25.5 Å². The van der Waals surface area contributed by atoms with E-state index in [1.807, 2.05) is 56.0 Å². The molecule has 0 aliphatic carbocycles. The van der Waals surface area contributed by atoms with E-state index in [-0.39, 0.29) is 12.2 Å². The lowest BCUT2D eigenvalue weighted by atomic mass is 10.0. The van der Waals surface area contributed by atoms with Crippen molar-refractivity contribution < 1.29 is 4.79 Å². The highest BCUT2D eigenvalue weighted by atomic mass is 32.1. The summed E-state index contributed by atoms with van der Waals surface area (Å²) in [6, 6.07) is 13.9. The first-order valence-electron chi connectivity index (χ1n) is 8.90. The molecule has 0 spiro atoms. The topological polar surface area (TPSA) is 60.7 Å². The first-order chi connectivity index (χ1) is 13.7. The summed E-state index contributed by atoms with van der Waals surface area (Å²) in [5.41, 5.74) is 6.12. The highest BCUT2D eigenvalue weighted by Gasteiger charge is 2.14. The minimum Gasteiger partial charge on any atom is -0.294 e. The Hall–Kier alpha value is -3.38. The van der Waals surface area contributed by atoms with Crippen molar-refractivity contribution in [2.45, 2.75) is 6.42 Å². The largest absolute Gasteiger partial charge is 0.294 e. The van der Waals surface area contributed by atoms with Gasteiger partial charge in [0.05, 0.1) is 28.3 Å². The molecule has 2 aromatic carbocycles. The van der Waals surface area contributed by atoms with Crippen molar-refractivity contribution in [3.63, 3.8) is 0 Å². The van der Waals surface area contributed by atoms with Crippen LogP contribution in [0.1, 0.15) is 16.1 Å². The fourth-order valence-corrected chi connectivity index (χ4v) is 4.11. The Balaban J connectivity index is 1.49. The zero-order chi connectivity index (χ0) is 19.1. The molecular formula is C22H16N4OS. The predicted molar refractivity (Wildman–Crippen MR) is 112 cm³/mol. The highest BCUT2D eigenvalue weighted by molar-refractivity contribution is 7.16. The summed E-state index contributed by atoms with van der Waals surface area (Å²) in [6.07, 6.45) is 5.92. The fraction of sp³-hybridized carbons (Fsp3) is 0.0909. The zero-order valence-electron chi connectivity index (χ0n) is 15.2. The quantitative estimate of drug-likeness (QED) is 0.423. The number of thiazole rings is 1. The molecule has 0 radical (unpaired) electrons. The zero-order valence-corrected chi connectivity index (χ0v) is 16.0. The molecule has 0 saturated heterocycles. The normalized spacial score (nSPS) is 11.3. The molecule has 0 saturated carbocycles. The Labute approximate surface area is 165 Å². The van der Waals surface area contributed by atoms with Gasteiger partial charge in [0.2, 0.25) is 0 Å². The van der Waals surface area contributed by atoms with E-state index in [1.165, 1.54) is 0 Å². The number of aryl methyl sites for hydroxylation is 1. The number of Topliss-reactive ketones (excluding diaryl/α,β-unsaturated/α-hetero) is 1. The molecule has 0 amide bonds. The molecule has 0 unspecified atom stereocenters.